The molecular weight excluding hydrogens is 415 g/mol. The van der Waals surface area contributed by atoms with Crippen molar-refractivity contribution in [1.29, 1.82) is 0 Å². The summed E-state index contributed by atoms with van der Waals surface area (Å²) in [5.41, 5.74) is 8.94. The Bertz CT molecular complexity index is 1110. The van der Waals surface area contributed by atoms with Crippen LogP contribution in [0.15, 0.2) is 29.8 Å². The van der Waals surface area contributed by atoms with Gasteiger partial charge in [-0.05, 0) is 38.1 Å². The van der Waals surface area contributed by atoms with E-state index in [1.54, 1.807) is 5.51 Å². The number of nitrogens with one attached hydrogen (secondary N) is 2. The number of anilines is 2. The highest BCUT2D eigenvalue weighted by atomic mass is 32.1. The molecule has 2 atom stereocenters. The van der Waals surface area contributed by atoms with Gasteiger partial charge in [-0.3, -0.25) is 9.28 Å². The number of pyridine rings is 1. The van der Waals surface area contributed by atoms with Crippen LogP contribution in [0.5, 0.6) is 0 Å². The number of quaternary nitrogens is 1. The van der Waals surface area contributed by atoms with E-state index in [0.717, 1.165) is 41.6 Å². The van der Waals surface area contributed by atoms with Crippen LogP contribution >= 0.6 is 11.3 Å². The third-order valence-electron chi connectivity index (χ3n) is 6.31. The van der Waals surface area contributed by atoms with Gasteiger partial charge in [0.2, 0.25) is 5.82 Å². The second kappa shape index (κ2) is 8.49. The molecule has 1 aliphatic carbocycles. The summed E-state index contributed by atoms with van der Waals surface area (Å²) in [6, 6.07) is 7.31. The van der Waals surface area contributed by atoms with Gasteiger partial charge in [0.15, 0.2) is 0 Å². The van der Waals surface area contributed by atoms with Gasteiger partial charge in [-0.2, -0.15) is 9.37 Å². The van der Waals surface area contributed by atoms with Gasteiger partial charge in [0.05, 0.1) is 47.1 Å². The molecule has 4 N–H and O–H groups in total. The topological polar surface area (TPSA) is 92.9 Å². The monoisotopic (exact) mass is 443 g/mol. The number of hydrogen-bond donors (Lipinski definition) is 3. The van der Waals surface area contributed by atoms with E-state index in [4.69, 9.17) is 5.73 Å². The Morgan fingerprint density at radius 1 is 1.29 bits per heavy atom. The Hall–Kier alpha value is -2.62. The van der Waals surface area contributed by atoms with E-state index in [-0.39, 0.29) is 33.8 Å². The number of rotatable bonds is 6. The molecule has 1 aromatic carbocycles. The molecule has 1 saturated carbocycles. The third kappa shape index (κ3) is 4.00. The molecule has 0 radical (unpaired) electrons. The molecule has 1 fully saturated rings. The summed E-state index contributed by atoms with van der Waals surface area (Å²) in [5.74, 6) is -0.710. The standard InChI is InChI=1S/C22H27FN6OS/c1-25-15-7-4-5-10-18(15)29(2,3)22-14(23)11-13(20(24)30)21(28-22)27-17-9-6-8-16-19(17)31-12-26-16/h6,8-9,11-12,15,18,25H,4-5,7,10H2,1-3H3,(H2-,24,27,28,30)/p+1. The van der Waals surface area contributed by atoms with Gasteiger partial charge in [-0.1, -0.05) is 12.5 Å². The maximum atomic E-state index is 15.3. The molecule has 2 heterocycles. The molecule has 0 saturated heterocycles. The Morgan fingerprint density at radius 3 is 2.81 bits per heavy atom. The summed E-state index contributed by atoms with van der Waals surface area (Å²) in [7, 11) is 5.90. The maximum absolute atomic E-state index is 15.3. The van der Waals surface area contributed by atoms with Gasteiger partial charge in [0.1, 0.15) is 11.9 Å². The predicted octanol–water partition coefficient (Wildman–Crippen LogP) is 3.77. The number of carbonyl (C=O) groups is 1. The fourth-order valence-corrected chi connectivity index (χ4v) is 5.42. The van der Waals surface area contributed by atoms with Gasteiger partial charge in [0.25, 0.3) is 11.7 Å². The van der Waals surface area contributed by atoms with Gasteiger partial charge in [0, 0.05) is 6.42 Å². The number of carbonyl (C=O) groups excluding carboxylic acids is 1. The number of halogens is 1. The van der Waals surface area contributed by atoms with Crippen molar-refractivity contribution >= 4 is 44.8 Å². The highest BCUT2D eigenvalue weighted by Crippen LogP contribution is 2.35. The minimum atomic E-state index is -0.729. The third-order valence-corrected chi connectivity index (χ3v) is 7.18. The van der Waals surface area contributed by atoms with Crippen molar-refractivity contribution in [3.05, 3.63) is 41.2 Å². The van der Waals surface area contributed by atoms with Crippen molar-refractivity contribution in [2.75, 3.05) is 26.5 Å². The molecule has 0 spiro atoms. The Labute approximate surface area is 185 Å². The minimum Gasteiger partial charge on any atom is -0.365 e. The lowest BCUT2D eigenvalue weighted by molar-refractivity contribution is 0.1000. The number of nitrogens with two attached hydrogens (primary N) is 1. The van der Waals surface area contributed by atoms with E-state index in [1.165, 1.54) is 17.4 Å². The first-order valence-corrected chi connectivity index (χ1v) is 11.3. The van der Waals surface area contributed by atoms with Gasteiger partial charge in [-0.25, -0.2) is 4.98 Å². The first-order chi connectivity index (χ1) is 14.8. The van der Waals surface area contributed by atoms with E-state index >= 15 is 4.39 Å². The average molecular weight is 444 g/mol. The van der Waals surface area contributed by atoms with Crippen LogP contribution in [0.4, 0.5) is 21.7 Å². The lowest BCUT2D eigenvalue weighted by atomic mass is 9.88. The zero-order valence-electron chi connectivity index (χ0n) is 18.0. The fourth-order valence-electron chi connectivity index (χ4n) is 4.66. The number of likely N-dealkylation sites (N-methyl/N-ethyl adjacent to an activating group) is 2. The molecule has 3 aromatic rings. The van der Waals surface area contributed by atoms with Gasteiger partial charge in [-0.15, -0.1) is 11.3 Å². The molecule has 164 valence electrons. The zero-order chi connectivity index (χ0) is 22.2. The molecule has 1 amide bonds. The summed E-state index contributed by atoms with van der Waals surface area (Å²) in [5, 5.41) is 6.61. The molecule has 7 nitrogen and oxygen atoms in total. The summed E-state index contributed by atoms with van der Waals surface area (Å²) in [4.78, 5) is 21.1. The fraction of sp³-hybridized carbons (Fsp3) is 0.409. The van der Waals surface area contributed by atoms with Crippen molar-refractivity contribution in [2.45, 2.75) is 37.8 Å². The molecule has 2 aromatic heterocycles. The quantitative estimate of drug-likeness (QED) is 0.505. The first-order valence-electron chi connectivity index (χ1n) is 10.4. The van der Waals surface area contributed by atoms with Crippen LogP contribution in [-0.2, 0) is 0 Å². The van der Waals surface area contributed by atoms with Crippen molar-refractivity contribution < 1.29 is 9.18 Å². The van der Waals surface area contributed by atoms with E-state index in [0.29, 0.717) is 0 Å². The molecule has 31 heavy (non-hydrogen) atoms. The lowest BCUT2D eigenvalue weighted by Crippen LogP contribution is -2.60. The Kier molecular flexibility index (Phi) is 5.92. The number of fused-ring (bicyclic) bond motifs is 1. The van der Waals surface area contributed by atoms with Crippen LogP contribution in [0, 0.1) is 5.82 Å². The summed E-state index contributed by atoms with van der Waals surface area (Å²) >= 11 is 1.48. The van der Waals surface area contributed by atoms with Crippen LogP contribution in [0.2, 0.25) is 0 Å². The van der Waals surface area contributed by atoms with Gasteiger partial charge >= 0.3 is 0 Å². The lowest BCUT2D eigenvalue weighted by Gasteiger charge is -2.43. The van der Waals surface area contributed by atoms with Crippen molar-refractivity contribution in [3.8, 4) is 0 Å². The number of benzene rings is 1. The number of nitrogens with zero attached hydrogens (tertiary/aromatic N) is 3. The number of thiazole rings is 1. The largest absolute Gasteiger partial charge is 0.365 e. The molecule has 9 heteroatoms. The molecule has 0 aliphatic heterocycles. The number of primary amides is 1. The van der Waals surface area contributed by atoms with Crippen LogP contribution in [0.1, 0.15) is 36.0 Å². The second-order valence-electron chi connectivity index (χ2n) is 8.47. The maximum Gasteiger partial charge on any atom is 0.265 e. The van der Waals surface area contributed by atoms with Crippen LogP contribution < -0.4 is 20.9 Å². The first kappa shape index (κ1) is 21.6. The summed E-state index contributed by atoms with van der Waals surface area (Å²) in [6.07, 6.45) is 4.27. The van der Waals surface area contributed by atoms with Crippen molar-refractivity contribution in [2.24, 2.45) is 5.73 Å². The summed E-state index contributed by atoms with van der Waals surface area (Å²) < 4.78 is 16.5. The highest BCUT2D eigenvalue weighted by molar-refractivity contribution is 7.17. The van der Waals surface area contributed by atoms with Crippen molar-refractivity contribution in [1.82, 2.24) is 19.8 Å². The zero-order valence-corrected chi connectivity index (χ0v) is 18.8. The molecule has 1 aliphatic rings. The van der Waals surface area contributed by atoms with E-state index < -0.39 is 11.7 Å². The predicted molar refractivity (Wildman–Crippen MR) is 124 cm³/mol. The number of aromatic nitrogens is 2. The average Bonchev–Trinajstić information content (AvgIpc) is 3.24. The number of hydrogen-bond acceptors (Lipinski definition) is 6. The van der Waals surface area contributed by atoms with Gasteiger partial charge < -0.3 is 16.4 Å². The smallest absolute Gasteiger partial charge is 0.265 e. The highest BCUT2D eigenvalue weighted by Gasteiger charge is 2.41. The second-order valence-corrected chi connectivity index (χ2v) is 9.33. The molecular formula is C22H28FN6OS+. The SMILES string of the molecule is CNC1CCCCC1[N+](C)(C)c1nc(Nc2cccc3ncsc23)c(C(N)=O)cc1F. The normalized spacial score (nSPS) is 19.5. The summed E-state index contributed by atoms with van der Waals surface area (Å²) in [6.45, 7) is 0. The Morgan fingerprint density at radius 2 is 2.06 bits per heavy atom. The van der Waals surface area contributed by atoms with E-state index in [1.807, 2.05) is 39.3 Å². The molecule has 4 rings (SSSR count). The van der Waals surface area contributed by atoms with Crippen LogP contribution in [-0.4, -0.2) is 49.1 Å². The van der Waals surface area contributed by atoms with E-state index in [9.17, 15) is 4.79 Å². The number of amides is 1. The minimum absolute atomic E-state index is 0.0246. The van der Waals surface area contributed by atoms with E-state index in [2.05, 4.69) is 20.6 Å². The van der Waals surface area contributed by atoms with Crippen LogP contribution in [0.3, 0.4) is 0 Å². The van der Waals surface area contributed by atoms with Crippen molar-refractivity contribution in [3.63, 3.8) is 0 Å². The Balaban J connectivity index is 1.79. The molecule has 0 bridgehead atoms. The molecule has 2 unspecified atom stereocenters. The van der Waals surface area contributed by atoms with Crippen LogP contribution in [0.25, 0.3) is 10.2 Å².